The quantitative estimate of drug-likeness (QED) is 0.777. The van der Waals surface area contributed by atoms with Gasteiger partial charge in [0, 0.05) is 12.0 Å². The number of nitrogens with one attached hydrogen (secondary N) is 1. The summed E-state index contributed by atoms with van der Waals surface area (Å²) in [5, 5.41) is 3.93. The van der Waals surface area contributed by atoms with Crippen LogP contribution in [0.5, 0.6) is 0 Å². The Bertz CT molecular complexity index is 341. The lowest BCUT2D eigenvalue weighted by molar-refractivity contribution is -0.0841. The zero-order valence-corrected chi connectivity index (χ0v) is 15.2. The predicted octanol–water partition coefficient (Wildman–Crippen LogP) is 4.92. The first-order valence-corrected chi connectivity index (χ1v) is 9.14. The van der Waals surface area contributed by atoms with Gasteiger partial charge in [-0.05, 0) is 65.3 Å². The van der Waals surface area contributed by atoms with E-state index in [0.717, 1.165) is 6.54 Å². The van der Waals surface area contributed by atoms with Crippen molar-refractivity contribution in [3.63, 3.8) is 0 Å². The Balaban J connectivity index is 2.23. The van der Waals surface area contributed by atoms with Crippen molar-refractivity contribution >= 4 is 0 Å². The van der Waals surface area contributed by atoms with Crippen molar-refractivity contribution in [3.8, 4) is 0 Å². The van der Waals surface area contributed by atoms with E-state index in [-0.39, 0.29) is 11.2 Å². The van der Waals surface area contributed by atoms with Gasteiger partial charge in [-0.1, -0.05) is 33.1 Å². The summed E-state index contributed by atoms with van der Waals surface area (Å²) >= 11 is 0. The highest BCUT2D eigenvalue weighted by Crippen LogP contribution is 2.50. The molecule has 1 N–H and O–H groups in total. The van der Waals surface area contributed by atoms with Gasteiger partial charge in [-0.2, -0.15) is 0 Å². The lowest BCUT2D eigenvalue weighted by Crippen LogP contribution is -2.54. The normalized spacial score (nSPS) is 32.0. The van der Waals surface area contributed by atoms with Crippen molar-refractivity contribution in [3.05, 3.63) is 0 Å². The maximum Gasteiger partial charge on any atom is 0.0677 e. The van der Waals surface area contributed by atoms with Crippen molar-refractivity contribution in [2.45, 2.75) is 104 Å². The zero-order valence-electron chi connectivity index (χ0n) is 15.2. The summed E-state index contributed by atoms with van der Waals surface area (Å²) in [5.41, 5.74) is 0.444. The summed E-state index contributed by atoms with van der Waals surface area (Å²) < 4.78 is 6.41. The molecule has 124 valence electrons. The molecule has 1 heterocycles. The predicted molar refractivity (Wildman–Crippen MR) is 90.6 cm³/mol. The van der Waals surface area contributed by atoms with E-state index in [0.29, 0.717) is 17.4 Å². The van der Waals surface area contributed by atoms with Crippen LogP contribution in [0.1, 0.15) is 86.5 Å². The van der Waals surface area contributed by atoms with Crippen LogP contribution in [-0.2, 0) is 4.74 Å². The minimum atomic E-state index is -0.0185. The van der Waals surface area contributed by atoms with Gasteiger partial charge in [-0.25, -0.2) is 0 Å². The first-order chi connectivity index (χ1) is 9.70. The fourth-order valence-electron chi connectivity index (χ4n) is 4.97. The molecule has 0 aromatic carbocycles. The van der Waals surface area contributed by atoms with Crippen molar-refractivity contribution < 1.29 is 4.74 Å². The summed E-state index contributed by atoms with van der Waals surface area (Å²) in [5.74, 6) is 0.613. The summed E-state index contributed by atoms with van der Waals surface area (Å²) in [6, 6.07) is 0.592. The highest BCUT2D eigenvalue weighted by molar-refractivity contribution is 5.05. The second-order valence-electron chi connectivity index (χ2n) is 8.92. The van der Waals surface area contributed by atoms with E-state index >= 15 is 0 Å². The van der Waals surface area contributed by atoms with Gasteiger partial charge in [0.05, 0.1) is 11.2 Å². The zero-order chi connectivity index (χ0) is 15.7. The van der Waals surface area contributed by atoms with Gasteiger partial charge in [0.2, 0.25) is 0 Å². The van der Waals surface area contributed by atoms with E-state index < -0.39 is 0 Å². The van der Waals surface area contributed by atoms with Crippen LogP contribution in [0.2, 0.25) is 0 Å². The van der Waals surface area contributed by atoms with Crippen molar-refractivity contribution in [2.24, 2.45) is 11.3 Å². The van der Waals surface area contributed by atoms with E-state index in [1.54, 1.807) is 0 Å². The first kappa shape index (κ1) is 17.3. The smallest absolute Gasteiger partial charge is 0.0677 e. The molecule has 2 unspecified atom stereocenters. The van der Waals surface area contributed by atoms with Crippen LogP contribution < -0.4 is 5.32 Å². The molecule has 1 aliphatic heterocycles. The molecule has 1 aliphatic carbocycles. The van der Waals surface area contributed by atoms with Gasteiger partial charge >= 0.3 is 0 Å². The molecule has 2 nitrogen and oxygen atoms in total. The Labute approximate surface area is 132 Å². The van der Waals surface area contributed by atoms with Crippen molar-refractivity contribution in [2.75, 3.05) is 6.54 Å². The molecular formula is C19H37NO. The molecule has 2 rings (SSSR count). The number of ether oxygens (including phenoxy) is 1. The third-order valence-corrected chi connectivity index (χ3v) is 5.91. The number of rotatable bonds is 5. The standard InChI is InChI=1S/C19H37NO/c1-7-13-20-16(19(6)11-9-8-10-12-19)15-14-17(2,3)21-18(15,4)5/h15-16,20H,7-14H2,1-6H3. The highest BCUT2D eigenvalue weighted by Gasteiger charge is 2.53. The van der Waals surface area contributed by atoms with Gasteiger partial charge in [0.15, 0.2) is 0 Å². The third-order valence-electron chi connectivity index (χ3n) is 5.91. The molecule has 2 heteroatoms. The average Bonchev–Trinajstić information content (AvgIpc) is 2.58. The molecule has 2 aliphatic rings. The van der Waals surface area contributed by atoms with E-state index in [1.165, 1.54) is 44.9 Å². The topological polar surface area (TPSA) is 21.3 Å². The molecule has 1 saturated carbocycles. The van der Waals surface area contributed by atoms with Crippen LogP contribution in [0.3, 0.4) is 0 Å². The molecule has 0 radical (unpaired) electrons. The Morgan fingerprint density at radius 1 is 1.05 bits per heavy atom. The second-order valence-corrected chi connectivity index (χ2v) is 8.92. The van der Waals surface area contributed by atoms with Gasteiger partial charge < -0.3 is 10.1 Å². The van der Waals surface area contributed by atoms with E-state index in [9.17, 15) is 0 Å². The highest BCUT2D eigenvalue weighted by atomic mass is 16.5. The molecule has 2 fully saturated rings. The lowest BCUT2D eigenvalue weighted by Gasteiger charge is -2.47. The van der Waals surface area contributed by atoms with Crippen LogP contribution in [0.15, 0.2) is 0 Å². The van der Waals surface area contributed by atoms with Crippen LogP contribution in [0, 0.1) is 11.3 Å². The van der Waals surface area contributed by atoms with Crippen LogP contribution in [0.4, 0.5) is 0 Å². The second kappa shape index (κ2) is 6.20. The van der Waals surface area contributed by atoms with E-state index in [2.05, 4.69) is 46.9 Å². The van der Waals surface area contributed by atoms with Gasteiger partial charge in [0.1, 0.15) is 0 Å². The van der Waals surface area contributed by atoms with Crippen LogP contribution >= 0.6 is 0 Å². The largest absolute Gasteiger partial charge is 0.369 e. The minimum Gasteiger partial charge on any atom is -0.369 e. The molecule has 2 atom stereocenters. The molecular weight excluding hydrogens is 258 g/mol. The fourth-order valence-corrected chi connectivity index (χ4v) is 4.97. The van der Waals surface area contributed by atoms with E-state index in [1.807, 2.05) is 0 Å². The Hall–Kier alpha value is -0.0800. The van der Waals surface area contributed by atoms with E-state index in [4.69, 9.17) is 4.74 Å². The molecule has 1 saturated heterocycles. The summed E-state index contributed by atoms with van der Waals surface area (Å²) in [6.07, 6.45) is 9.37. The minimum absolute atomic E-state index is 0.0185. The molecule has 21 heavy (non-hydrogen) atoms. The number of hydrogen-bond donors (Lipinski definition) is 1. The number of hydrogen-bond acceptors (Lipinski definition) is 2. The summed E-state index contributed by atoms with van der Waals surface area (Å²) in [7, 11) is 0. The Kier molecular flexibility index (Phi) is 5.10. The fraction of sp³-hybridized carbons (Fsp3) is 1.00. The van der Waals surface area contributed by atoms with Gasteiger partial charge in [0.25, 0.3) is 0 Å². The summed E-state index contributed by atoms with van der Waals surface area (Å²) in [4.78, 5) is 0. The lowest BCUT2D eigenvalue weighted by atomic mass is 9.63. The maximum atomic E-state index is 6.41. The molecule has 0 amide bonds. The molecule has 0 spiro atoms. The Morgan fingerprint density at radius 2 is 1.67 bits per heavy atom. The molecule has 0 aromatic rings. The SMILES string of the molecule is CCCNC(C1CC(C)(C)OC1(C)C)C1(C)CCCCC1. The van der Waals surface area contributed by atoms with Crippen molar-refractivity contribution in [1.29, 1.82) is 0 Å². The molecule has 0 aromatic heterocycles. The van der Waals surface area contributed by atoms with Gasteiger partial charge in [-0.15, -0.1) is 0 Å². The third kappa shape index (κ3) is 3.82. The average molecular weight is 296 g/mol. The monoisotopic (exact) mass is 295 g/mol. The molecule has 0 bridgehead atoms. The van der Waals surface area contributed by atoms with Crippen LogP contribution in [-0.4, -0.2) is 23.8 Å². The Morgan fingerprint density at radius 3 is 2.14 bits per heavy atom. The summed E-state index contributed by atoms with van der Waals surface area (Å²) in [6.45, 7) is 15.1. The van der Waals surface area contributed by atoms with Gasteiger partial charge in [-0.3, -0.25) is 0 Å². The van der Waals surface area contributed by atoms with Crippen LogP contribution in [0.25, 0.3) is 0 Å². The first-order valence-electron chi connectivity index (χ1n) is 9.14. The maximum absolute atomic E-state index is 6.41. The van der Waals surface area contributed by atoms with Crippen molar-refractivity contribution in [1.82, 2.24) is 5.32 Å².